The van der Waals surface area contributed by atoms with Crippen LogP contribution in [0.25, 0.3) is 0 Å². The highest BCUT2D eigenvalue weighted by atomic mass is 14.0. The predicted octanol–water partition coefficient (Wildman–Crippen LogP) is 10.4. The predicted molar refractivity (Wildman–Crippen MR) is 142 cm³/mol. The van der Waals surface area contributed by atoms with Crippen molar-refractivity contribution in [3.63, 3.8) is 0 Å². The molecule has 0 atom stereocenters. The molecule has 0 nitrogen and oxygen atoms in total. The maximum atomic E-state index is 3.90. The second kappa shape index (κ2) is 20.2. The SMILES string of the molecule is C=CC(=C)CCC=C(C)CCC=C(C)C.C=CC(C)=CCC=C(C)CCC=C(C)C. The van der Waals surface area contributed by atoms with E-state index in [1.54, 1.807) is 0 Å². The summed E-state index contributed by atoms with van der Waals surface area (Å²) in [5.41, 5.74) is 8.14. The van der Waals surface area contributed by atoms with Gasteiger partial charge in [-0.2, -0.15) is 0 Å². The first-order valence-corrected chi connectivity index (χ1v) is 11.3. The molecule has 0 radical (unpaired) electrons. The summed E-state index contributed by atoms with van der Waals surface area (Å²) in [7, 11) is 0. The van der Waals surface area contributed by atoms with Crippen molar-refractivity contribution in [3.8, 4) is 0 Å². The second-order valence-electron chi connectivity index (χ2n) is 8.53. The van der Waals surface area contributed by atoms with Gasteiger partial charge in [0, 0.05) is 0 Å². The fourth-order valence-corrected chi connectivity index (χ4v) is 2.52. The lowest BCUT2D eigenvalue weighted by Crippen LogP contribution is -1.79. The molecule has 0 aromatic carbocycles. The Kier molecular flexibility index (Phi) is 20.3. The summed E-state index contributed by atoms with van der Waals surface area (Å²) in [4.78, 5) is 0. The third-order valence-corrected chi connectivity index (χ3v) is 4.66. The van der Waals surface area contributed by atoms with Crippen LogP contribution in [0.4, 0.5) is 0 Å². The average molecular weight is 409 g/mol. The molecule has 0 aliphatic heterocycles. The molecule has 30 heavy (non-hydrogen) atoms. The van der Waals surface area contributed by atoms with E-state index < -0.39 is 0 Å². The molecular formula is C30H48. The minimum Gasteiger partial charge on any atom is -0.0988 e. The molecule has 0 spiro atoms. The quantitative estimate of drug-likeness (QED) is 0.210. The van der Waals surface area contributed by atoms with Gasteiger partial charge in [0.1, 0.15) is 0 Å². The average Bonchev–Trinajstić information content (AvgIpc) is 2.67. The molecule has 0 aliphatic carbocycles. The summed E-state index contributed by atoms with van der Waals surface area (Å²) in [5.74, 6) is 0. The van der Waals surface area contributed by atoms with Crippen LogP contribution >= 0.6 is 0 Å². The van der Waals surface area contributed by atoms with Gasteiger partial charge in [-0.3, -0.25) is 0 Å². The van der Waals surface area contributed by atoms with Crippen LogP contribution in [0.5, 0.6) is 0 Å². The molecule has 0 saturated carbocycles. The van der Waals surface area contributed by atoms with Gasteiger partial charge in [-0.15, -0.1) is 0 Å². The summed E-state index contributed by atoms with van der Waals surface area (Å²) < 4.78 is 0. The van der Waals surface area contributed by atoms with Crippen molar-refractivity contribution < 1.29 is 0 Å². The highest BCUT2D eigenvalue weighted by Crippen LogP contribution is 2.11. The van der Waals surface area contributed by atoms with E-state index >= 15 is 0 Å². The van der Waals surface area contributed by atoms with E-state index in [4.69, 9.17) is 0 Å². The minimum atomic E-state index is 1.03. The first kappa shape index (κ1) is 30.1. The summed E-state index contributed by atoms with van der Waals surface area (Å²) >= 11 is 0. The monoisotopic (exact) mass is 408 g/mol. The molecule has 0 amide bonds. The Bertz CT molecular complexity index is 648. The Balaban J connectivity index is 0. The topological polar surface area (TPSA) is 0 Å². The number of allylic oxidation sites excluding steroid dienone is 13. The van der Waals surface area contributed by atoms with E-state index in [9.17, 15) is 0 Å². The van der Waals surface area contributed by atoms with E-state index in [0.29, 0.717) is 0 Å². The molecule has 0 aromatic rings. The summed E-state index contributed by atoms with van der Waals surface area (Å²) in [6.45, 7) is 26.4. The van der Waals surface area contributed by atoms with Crippen molar-refractivity contribution in [2.45, 2.75) is 93.4 Å². The van der Waals surface area contributed by atoms with Gasteiger partial charge in [0.05, 0.1) is 0 Å². The molecule has 168 valence electrons. The Morgan fingerprint density at radius 1 is 0.567 bits per heavy atom. The van der Waals surface area contributed by atoms with Crippen LogP contribution in [0.3, 0.4) is 0 Å². The Hall–Kier alpha value is -2.08. The van der Waals surface area contributed by atoms with E-state index in [-0.39, 0.29) is 0 Å². The maximum Gasteiger partial charge on any atom is -0.0161 e. The van der Waals surface area contributed by atoms with E-state index in [1.165, 1.54) is 40.7 Å². The second-order valence-corrected chi connectivity index (χ2v) is 8.53. The Morgan fingerprint density at radius 2 is 1.03 bits per heavy atom. The molecule has 0 heteroatoms. The van der Waals surface area contributed by atoms with Crippen molar-refractivity contribution in [3.05, 3.63) is 95.7 Å². The maximum absolute atomic E-state index is 3.90. The highest BCUT2D eigenvalue weighted by Gasteiger charge is 1.91. The fraction of sp³-hybridized carbons (Fsp3) is 0.467. The highest BCUT2D eigenvalue weighted by molar-refractivity contribution is 5.15. The molecular weight excluding hydrogens is 360 g/mol. The van der Waals surface area contributed by atoms with Crippen molar-refractivity contribution in [2.75, 3.05) is 0 Å². The van der Waals surface area contributed by atoms with Crippen molar-refractivity contribution in [1.29, 1.82) is 0 Å². The normalized spacial score (nSPS) is 11.8. The van der Waals surface area contributed by atoms with Crippen LogP contribution in [-0.2, 0) is 0 Å². The van der Waals surface area contributed by atoms with Crippen LogP contribution in [-0.4, -0.2) is 0 Å². The van der Waals surface area contributed by atoms with Crippen LogP contribution in [0.15, 0.2) is 95.7 Å². The molecule has 0 fully saturated rings. The van der Waals surface area contributed by atoms with E-state index in [2.05, 4.69) is 98.6 Å². The van der Waals surface area contributed by atoms with Crippen molar-refractivity contribution in [2.24, 2.45) is 0 Å². The lowest BCUT2D eigenvalue weighted by atomic mass is 10.1. The summed E-state index contributed by atoms with van der Waals surface area (Å²) in [5, 5.41) is 0. The molecule has 0 saturated heterocycles. The largest absolute Gasteiger partial charge is 0.0988 e. The number of hydrogen-bond donors (Lipinski definition) is 0. The molecule has 0 unspecified atom stereocenters. The Labute approximate surface area is 189 Å². The van der Waals surface area contributed by atoms with Gasteiger partial charge >= 0.3 is 0 Å². The molecule has 0 aromatic heterocycles. The van der Waals surface area contributed by atoms with Crippen molar-refractivity contribution >= 4 is 0 Å². The van der Waals surface area contributed by atoms with Gasteiger partial charge < -0.3 is 0 Å². The van der Waals surface area contributed by atoms with E-state index in [0.717, 1.165) is 37.7 Å². The molecule has 0 bridgehead atoms. The van der Waals surface area contributed by atoms with Gasteiger partial charge in [-0.1, -0.05) is 95.7 Å². The van der Waals surface area contributed by atoms with Gasteiger partial charge in [-0.05, 0) is 93.4 Å². The van der Waals surface area contributed by atoms with Gasteiger partial charge in [-0.25, -0.2) is 0 Å². The third-order valence-electron chi connectivity index (χ3n) is 4.66. The number of hydrogen-bond acceptors (Lipinski definition) is 0. The smallest absolute Gasteiger partial charge is 0.0161 e. The lowest BCUT2D eigenvalue weighted by molar-refractivity contribution is 0.929. The summed E-state index contributed by atoms with van der Waals surface area (Å²) in [6, 6.07) is 0. The fourth-order valence-electron chi connectivity index (χ4n) is 2.52. The molecule has 0 rings (SSSR count). The molecule has 0 aliphatic rings. The first-order valence-electron chi connectivity index (χ1n) is 11.3. The number of rotatable bonds is 13. The lowest BCUT2D eigenvalue weighted by Gasteiger charge is -2.00. The molecule has 0 heterocycles. The van der Waals surface area contributed by atoms with Crippen LogP contribution in [0.1, 0.15) is 93.4 Å². The summed E-state index contributed by atoms with van der Waals surface area (Å²) in [6.07, 6.45) is 22.9. The van der Waals surface area contributed by atoms with Gasteiger partial charge in [0.2, 0.25) is 0 Å². The van der Waals surface area contributed by atoms with Crippen molar-refractivity contribution in [1.82, 2.24) is 0 Å². The van der Waals surface area contributed by atoms with Crippen LogP contribution in [0.2, 0.25) is 0 Å². The first-order chi connectivity index (χ1) is 14.1. The van der Waals surface area contributed by atoms with E-state index in [1.807, 2.05) is 12.2 Å². The third kappa shape index (κ3) is 24.0. The zero-order chi connectivity index (χ0) is 23.4. The zero-order valence-electron chi connectivity index (χ0n) is 21.1. The van der Waals surface area contributed by atoms with Gasteiger partial charge in [0.25, 0.3) is 0 Å². The zero-order valence-corrected chi connectivity index (χ0v) is 21.1. The Morgan fingerprint density at radius 3 is 1.47 bits per heavy atom. The van der Waals surface area contributed by atoms with Crippen LogP contribution in [0, 0.1) is 0 Å². The van der Waals surface area contributed by atoms with Crippen LogP contribution < -0.4 is 0 Å². The van der Waals surface area contributed by atoms with Gasteiger partial charge in [0.15, 0.2) is 0 Å². The standard InChI is InChI=1S/2C15H24/c2*1-6-14(4)10-8-12-15(5)11-7-9-13(2)3/h6,9-10,12H,1,7-8,11H2,2-5H3;6,9,12H,1,4,7-8,10-11H2,2-3,5H3. The minimum absolute atomic E-state index is 1.03. The molecule has 0 N–H and O–H groups in total.